The van der Waals surface area contributed by atoms with Crippen LogP contribution in [-0.4, -0.2) is 52.4 Å². The molecule has 4 unspecified atom stereocenters. The van der Waals surface area contributed by atoms with E-state index in [0.717, 1.165) is 18.2 Å². The number of fused-ring (bicyclic) bond motifs is 3. The van der Waals surface area contributed by atoms with Crippen LogP contribution in [0.1, 0.15) is 31.2 Å². The molecule has 1 saturated heterocycles. The van der Waals surface area contributed by atoms with Crippen LogP contribution < -0.4 is 9.80 Å². The molecular weight excluding hydrogens is 591 g/mol. The normalized spacial score (nSPS) is 24.1. The van der Waals surface area contributed by atoms with E-state index >= 15 is 0 Å². The molecule has 14 heteroatoms. The molecule has 4 atom stereocenters. The number of imide groups is 1. The molecule has 45 heavy (non-hydrogen) atoms. The number of carbonyl (C=O) groups is 4. The Hall–Kier alpha value is -5.53. The van der Waals surface area contributed by atoms with Gasteiger partial charge in [-0.3, -0.25) is 39.4 Å². The third-order valence-electron chi connectivity index (χ3n) is 9.04. The van der Waals surface area contributed by atoms with Crippen LogP contribution in [0.4, 0.5) is 27.1 Å². The Morgan fingerprint density at radius 1 is 1.00 bits per heavy atom. The van der Waals surface area contributed by atoms with Crippen molar-refractivity contribution in [3.8, 4) is 5.75 Å². The maximum absolute atomic E-state index is 14.6. The molecule has 4 aliphatic rings. The summed E-state index contributed by atoms with van der Waals surface area (Å²) in [6.45, 7) is 1.47. The molecule has 1 aliphatic heterocycles. The second kappa shape index (κ2) is 10.3. The Balaban J connectivity index is 1.50. The highest BCUT2D eigenvalue weighted by Gasteiger charge is 2.57. The zero-order valence-electron chi connectivity index (χ0n) is 24.1. The van der Waals surface area contributed by atoms with Crippen LogP contribution in [0.5, 0.6) is 5.75 Å². The van der Waals surface area contributed by atoms with Crippen molar-refractivity contribution in [2.75, 3.05) is 23.9 Å². The predicted molar refractivity (Wildman–Crippen MR) is 156 cm³/mol. The number of nitrogens with zero attached hydrogens (tertiary/aromatic N) is 4. The van der Waals surface area contributed by atoms with Gasteiger partial charge in [-0.2, -0.15) is 0 Å². The standard InChI is InChI=1S/C31H25FN4O9/c1-13-9-23(37)26-19(28(13)38)12-18-15(24(26)16-5-4-6-20(32)29(16)39)7-8-17-25(18)31(41)34(30(17)40)14-10-21(35(42)43)27(33(2)3)22(11-14)36(44)45/h4-7,9-11,17-18,24-25,39H,8,12H2,1-3H3. The lowest BCUT2D eigenvalue weighted by molar-refractivity contribution is -0.392. The summed E-state index contributed by atoms with van der Waals surface area (Å²) in [6.07, 6.45) is 2.73. The average molecular weight is 617 g/mol. The summed E-state index contributed by atoms with van der Waals surface area (Å²) in [4.78, 5) is 78.8. The quantitative estimate of drug-likeness (QED) is 0.169. The number of halogens is 1. The number of ketones is 2. The van der Waals surface area contributed by atoms with Crippen molar-refractivity contribution in [3.05, 3.63) is 96.4 Å². The van der Waals surface area contributed by atoms with E-state index in [1.54, 1.807) is 6.08 Å². The largest absolute Gasteiger partial charge is 0.505 e. The van der Waals surface area contributed by atoms with Gasteiger partial charge in [0.1, 0.15) is 0 Å². The van der Waals surface area contributed by atoms with E-state index in [1.807, 2.05) is 0 Å². The van der Waals surface area contributed by atoms with E-state index in [-0.39, 0.29) is 46.5 Å². The van der Waals surface area contributed by atoms with Gasteiger partial charge in [0.2, 0.25) is 11.8 Å². The monoisotopic (exact) mass is 616 g/mol. The summed E-state index contributed by atoms with van der Waals surface area (Å²) in [5.41, 5.74) is -1.23. The van der Waals surface area contributed by atoms with Gasteiger partial charge in [0, 0.05) is 54.4 Å². The molecular formula is C31H25FN4O9. The molecule has 6 rings (SSSR count). The molecule has 0 radical (unpaired) electrons. The molecule has 2 aromatic rings. The number of rotatable bonds is 5. The third kappa shape index (κ3) is 4.27. The maximum atomic E-state index is 14.6. The minimum atomic E-state index is -1.11. The lowest BCUT2D eigenvalue weighted by Crippen LogP contribution is -2.39. The number of nitro benzene ring substituents is 2. The number of para-hydroxylation sites is 1. The number of phenols is 1. The van der Waals surface area contributed by atoms with Gasteiger partial charge in [0.25, 0.3) is 0 Å². The smallest absolute Gasteiger partial charge is 0.301 e. The molecule has 2 aromatic carbocycles. The Morgan fingerprint density at radius 3 is 2.24 bits per heavy atom. The fourth-order valence-electron chi connectivity index (χ4n) is 7.21. The van der Waals surface area contributed by atoms with Crippen LogP contribution in [-0.2, 0) is 19.2 Å². The molecule has 230 valence electrons. The number of benzene rings is 2. The first-order chi connectivity index (χ1) is 21.2. The summed E-state index contributed by atoms with van der Waals surface area (Å²) in [5.74, 6) is -8.14. The first-order valence-corrected chi connectivity index (χ1v) is 13.9. The minimum absolute atomic E-state index is 0.0102. The Bertz CT molecular complexity index is 1860. The highest BCUT2D eigenvalue weighted by Crippen LogP contribution is 2.57. The van der Waals surface area contributed by atoms with E-state index in [0.29, 0.717) is 10.5 Å². The minimum Gasteiger partial charge on any atom is -0.505 e. The van der Waals surface area contributed by atoms with Gasteiger partial charge in [-0.15, -0.1) is 0 Å². The number of hydrogen-bond acceptors (Lipinski definition) is 10. The topological polar surface area (TPSA) is 181 Å². The van der Waals surface area contributed by atoms with Gasteiger partial charge in [0.15, 0.2) is 28.8 Å². The number of nitro groups is 2. The van der Waals surface area contributed by atoms with Gasteiger partial charge >= 0.3 is 11.4 Å². The number of phenolic OH excluding ortho intramolecular Hbond substituents is 1. The van der Waals surface area contributed by atoms with Crippen LogP contribution in [0.15, 0.2) is 64.8 Å². The number of hydrogen-bond donors (Lipinski definition) is 1. The molecule has 0 bridgehead atoms. The van der Waals surface area contributed by atoms with Gasteiger partial charge in [0.05, 0.1) is 27.4 Å². The van der Waals surface area contributed by atoms with Crippen molar-refractivity contribution >= 4 is 46.1 Å². The molecule has 1 fully saturated rings. The molecule has 1 heterocycles. The van der Waals surface area contributed by atoms with Gasteiger partial charge in [-0.1, -0.05) is 23.8 Å². The molecule has 0 saturated carbocycles. The second-order valence-electron chi connectivity index (χ2n) is 11.7. The summed E-state index contributed by atoms with van der Waals surface area (Å²) in [5, 5.41) is 34.6. The predicted octanol–water partition coefficient (Wildman–Crippen LogP) is 4.05. The SMILES string of the molecule is CC1=CC(=O)C2=C(CC3C(=CCC4C(=O)N(c5cc([N+](=O)[O-])c(N(C)C)c([N+](=O)[O-])c5)C(=O)C43)C2c2cccc(F)c2O)C1=O. The number of aromatic hydroxyl groups is 1. The lowest BCUT2D eigenvalue weighted by atomic mass is 9.59. The number of allylic oxidation sites excluding steroid dienone is 6. The first-order valence-electron chi connectivity index (χ1n) is 13.9. The summed E-state index contributed by atoms with van der Waals surface area (Å²) >= 11 is 0. The Kier molecular flexibility index (Phi) is 6.75. The summed E-state index contributed by atoms with van der Waals surface area (Å²) in [6, 6.07) is 5.69. The zero-order valence-corrected chi connectivity index (χ0v) is 24.1. The summed E-state index contributed by atoms with van der Waals surface area (Å²) < 4.78 is 14.6. The van der Waals surface area contributed by atoms with Crippen molar-refractivity contribution < 1.29 is 38.5 Å². The first kappa shape index (κ1) is 29.5. The number of carbonyl (C=O) groups excluding carboxylic acids is 4. The molecule has 1 N–H and O–H groups in total. The van der Waals surface area contributed by atoms with E-state index < -0.39 is 79.8 Å². The van der Waals surface area contributed by atoms with Crippen LogP contribution in [0, 0.1) is 43.8 Å². The molecule has 0 aromatic heterocycles. The average Bonchev–Trinajstić information content (AvgIpc) is 3.24. The lowest BCUT2D eigenvalue weighted by Gasteiger charge is -2.42. The van der Waals surface area contributed by atoms with Gasteiger partial charge < -0.3 is 10.0 Å². The molecule has 13 nitrogen and oxygen atoms in total. The van der Waals surface area contributed by atoms with E-state index in [4.69, 9.17) is 0 Å². The van der Waals surface area contributed by atoms with Crippen molar-refractivity contribution in [1.29, 1.82) is 0 Å². The third-order valence-corrected chi connectivity index (χ3v) is 9.04. The van der Waals surface area contributed by atoms with Crippen LogP contribution >= 0.6 is 0 Å². The molecule has 3 aliphatic carbocycles. The van der Waals surface area contributed by atoms with Crippen molar-refractivity contribution in [2.45, 2.75) is 25.7 Å². The van der Waals surface area contributed by atoms with Gasteiger partial charge in [-0.05, 0) is 37.8 Å². The number of Topliss-reactive ketones (excluding diaryl/α,β-unsaturated/α-hetero) is 1. The van der Waals surface area contributed by atoms with Crippen molar-refractivity contribution in [2.24, 2.45) is 17.8 Å². The fraction of sp³-hybridized carbons (Fsp3) is 0.290. The number of amides is 2. The van der Waals surface area contributed by atoms with Crippen molar-refractivity contribution in [1.82, 2.24) is 0 Å². The second-order valence-corrected chi connectivity index (χ2v) is 11.7. The zero-order chi connectivity index (χ0) is 32.6. The van der Waals surface area contributed by atoms with Crippen LogP contribution in [0.3, 0.4) is 0 Å². The highest BCUT2D eigenvalue weighted by atomic mass is 19.1. The maximum Gasteiger partial charge on any atom is 0.301 e. The fourth-order valence-corrected chi connectivity index (χ4v) is 7.21. The van der Waals surface area contributed by atoms with Crippen LogP contribution in [0.2, 0.25) is 0 Å². The highest BCUT2D eigenvalue weighted by molar-refractivity contribution is 6.25. The van der Waals surface area contributed by atoms with E-state index in [9.17, 15) is 48.9 Å². The summed E-state index contributed by atoms with van der Waals surface area (Å²) in [7, 11) is 2.77. The van der Waals surface area contributed by atoms with E-state index in [2.05, 4.69) is 0 Å². The molecule has 2 amide bonds. The Morgan fingerprint density at radius 2 is 1.64 bits per heavy atom. The van der Waals surface area contributed by atoms with Crippen molar-refractivity contribution in [3.63, 3.8) is 0 Å². The van der Waals surface area contributed by atoms with Crippen LogP contribution in [0.25, 0.3) is 0 Å². The molecule has 0 spiro atoms. The Labute approximate surface area is 254 Å². The number of anilines is 2. The van der Waals surface area contributed by atoms with Gasteiger partial charge in [-0.25, -0.2) is 9.29 Å². The van der Waals surface area contributed by atoms with E-state index in [1.165, 1.54) is 44.1 Å².